The molecule has 0 bridgehead atoms. The van der Waals surface area contributed by atoms with Crippen LogP contribution in [-0.2, 0) is 0 Å². The van der Waals surface area contributed by atoms with E-state index in [1.54, 1.807) is 18.3 Å². The lowest BCUT2D eigenvalue weighted by Crippen LogP contribution is -1.85. The number of fused-ring (bicyclic) bond motifs is 1. The molecule has 0 aliphatic carbocycles. The van der Waals surface area contributed by atoms with Crippen LogP contribution in [-0.4, -0.2) is 4.57 Å². The van der Waals surface area contributed by atoms with Crippen molar-refractivity contribution in [3.63, 3.8) is 0 Å². The SMILES string of the molecule is N#CC(C#N)=C(C#N)C=Cn1ccc2ccccc21. The Balaban J connectivity index is 2.45. The molecule has 0 saturated heterocycles. The highest BCUT2D eigenvalue weighted by molar-refractivity contribution is 5.82. The first-order valence-electron chi connectivity index (χ1n) is 5.48. The number of allylic oxidation sites excluding steroid dienone is 3. The average molecular weight is 244 g/mol. The lowest BCUT2D eigenvalue weighted by Gasteiger charge is -1.97. The van der Waals surface area contributed by atoms with Crippen LogP contribution in [0.25, 0.3) is 17.1 Å². The zero-order valence-electron chi connectivity index (χ0n) is 9.91. The van der Waals surface area contributed by atoms with Crippen molar-refractivity contribution in [2.24, 2.45) is 0 Å². The second-order valence-electron chi connectivity index (χ2n) is 3.72. The number of hydrogen-bond acceptors (Lipinski definition) is 3. The van der Waals surface area contributed by atoms with Crippen molar-refractivity contribution in [1.29, 1.82) is 15.8 Å². The van der Waals surface area contributed by atoms with Crippen molar-refractivity contribution in [2.45, 2.75) is 0 Å². The molecule has 0 spiro atoms. The standard InChI is InChI=1S/C15H8N4/c16-9-13(14(10-17)11-18)6-8-19-7-5-12-3-1-2-4-15(12)19/h1-8H. The van der Waals surface area contributed by atoms with Gasteiger partial charge in [0.2, 0.25) is 0 Å². The first kappa shape index (κ1) is 12.2. The van der Waals surface area contributed by atoms with Gasteiger partial charge in [-0.3, -0.25) is 0 Å². The molecule has 0 atom stereocenters. The molecule has 2 rings (SSSR count). The second kappa shape index (κ2) is 5.36. The minimum atomic E-state index is -0.185. The second-order valence-corrected chi connectivity index (χ2v) is 3.72. The summed E-state index contributed by atoms with van der Waals surface area (Å²) in [6.07, 6.45) is 4.98. The van der Waals surface area contributed by atoms with E-state index in [1.165, 1.54) is 6.08 Å². The molecule has 0 amide bonds. The predicted octanol–water partition coefficient (Wildman–Crippen LogP) is 2.98. The van der Waals surface area contributed by atoms with Gasteiger partial charge in [-0.1, -0.05) is 18.2 Å². The van der Waals surface area contributed by atoms with Crippen LogP contribution in [0.4, 0.5) is 0 Å². The van der Waals surface area contributed by atoms with Crippen LogP contribution in [0.3, 0.4) is 0 Å². The molecule has 1 heterocycles. The Labute approximate surface area is 110 Å². The summed E-state index contributed by atoms with van der Waals surface area (Å²) in [6.45, 7) is 0. The van der Waals surface area contributed by atoms with Crippen molar-refractivity contribution < 1.29 is 0 Å². The van der Waals surface area contributed by atoms with Gasteiger partial charge < -0.3 is 4.57 Å². The summed E-state index contributed by atoms with van der Waals surface area (Å²) in [5, 5.41) is 27.5. The van der Waals surface area contributed by atoms with Crippen LogP contribution in [0.2, 0.25) is 0 Å². The monoisotopic (exact) mass is 244 g/mol. The third-order valence-corrected chi connectivity index (χ3v) is 2.64. The number of nitrogens with zero attached hydrogens (tertiary/aromatic N) is 4. The van der Waals surface area contributed by atoms with Crippen molar-refractivity contribution >= 4 is 17.1 Å². The molecule has 0 unspecified atom stereocenters. The normalized spacial score (nSPS) is 9.74. The predicted molar refractivity (Wildman–Crippen MR) is 71.1 cm³/mol. The fourth-order valence-electron chi connectivity index (χ4n) is 1.71. The third kappa shape index (κ3) is 2.36. The van der Waals surface area contributed by atoms with Gasteiger partial charge in [-0.15, -0.1) is 0 Å². The molecule has 0 N–H and O–H groups in total. The number of rotatable bonds is 2. The lowest BCUT2D eigenvalue weighted by atomic mass is 10.1. The maximum absolute atomic E-state index is 8.93. The van der Waals surface area contributed by atoms with Gasteiger partial charge in [0.15, 0.2) is 0 Å². The van der Waals surface area contributed by atoms with Gasteiger partial charge in [-0.2, -0.15) is 15.8 Å². The molecule has 19 heavy (non-hydrogen) atoms. The fraction of sp³-hybridized carbons (Fsp3) is 0. The van der Waals surface area contributed by atoms with Gasteiger partial charge in [-0.25, -0.2) is 0 Å². The Morgan fingerprint density at radius 1 is 1.00 bits per heavy atom. The summed E-state index contributed by atoms with van der Waals surface area (Å²) in [5.74, 6) is 0. The van der Waals surface area contributed by atoms with E-state index in [4.69, 9.17) is 15.8 Å². The molecular formula is C15H8N4. The van der Waals surface area contributed by atoms with Crippen molar-refractivity contribution in [3.8, 4) is 18.2 Å². The van der Waals surface area contributed by atoms with E-state index in [9.17, 15) is 0 Å². The molecule has 0 fully saturated rings. The minimum Gasteiger partial charge on any atom is -0.323 e. The quantitative estimate of drug-likeness (QED) is 0.601. The average Bonchev–Trinajstić information content (AvgIpc) is 2.87. The van der Waals surface area contributed by atoms with Gasteiger partial charge in [-0.05, 0) is 23.6 Å². The Hall–Kier alpha value is -3.29. The summed E-state index contributed by atoms with van der Waals surface area (Å²) in [5.41, 5.74) is 0.865. The molecular weight excluding hydrogens is 236 g/mol. The summed E-state index contributed by atoms with van der Waals surface area (Å²) >= 11 is 0. The molecule has 1 aromatic carbocycles. The molecule has 0 saturated carbocycles. The van der Waals surface area contributed by atoms with Crippen molar-refractivity contribution in [2.75, 3.05) is 0 Å². The lowest BCUT2D eigenvalue weighted by molar-refractivity contribution is 1.22. The molecule has 0 aliphatic heterocycles. The van der Waals surface area contributed by atoms with Crippen LogP contribution in [0.15, 0.2) is 53.8 Å². The fourth-order valence-corrected chi connectivity index (χ4v) is 1.71. The summed E-state index contributed by atoms with van der Waals surface area (Å²) in [7, 11) is 0. The molecule has 88 valence electrons. The van der Waals surface area contributed by atoms with E-state index in [0.717, 1.165) is 10.9 Å². The number of nitriles is 3. The highest BCUT2D eigenvalue weighted by atomic mass is 14.9. The Morgan fingerprint density at radius 3 is 2.42 bits per heavy atom. The van der Waals surface area contributed by atoms with Crippen molar-refractivity contribution in [1.82, 2.24) is 4.57 Å². The highest BCUT2D eigenvalue weighted by Crippen LogP contribution is 2.16. The van der Waals surface area contributed by atoms with Gasteiger partial charge >= 0.3 is 0 Å². The van der Waals surface area contributed by atoms with Crippen LogP contribution < -0.4 is 0 Å². The molecule has 2 aromatic rings. The van der Waals surface area contributed by atoms with Crippen LogP contribution >= 0.6 is 0 Å². The van der Waals surface area contributed by atoms with E-state index < -0.39 is 0 Å². The van der Waals surface area contributed by atoms with Gasteiger partial charge in [0.05, 0.1) is 11.1 Å². The molecule has 0 radical (unpaired) electrons. The van der Waals surface area contributed by atoms with Crippen molar-refractivity contribution in [3.05, 3.63) is 53.8 Å². The number of benzene rings is 1. The smallest absolute Gasteiger partial charge is 0.147 e. The highest BCUT2D eigenvalue weighted by Gasteiger charge is 2.02. The van der Waals surface area contributed by atoms with Crippen LogP contribution in [0.1, 0.15) is 0 Å². The minimum absolute atomic E-state index is 0.0581. The van der Waals surface area contributed by atoms with E-state index >= 15 is 0 Å². The molecule has 4 heteroatoms. The summed E-state index contributed by atoms with van der Waals surface area (Å²) in [4.78, 5) is 0. The zero-order valence-corrected chi connectivity index (χ0v) is 9.91. The number of aromatic nitrogens is 1. The molecule has 0 aliphatic rings. The molecule has 1 aromatic heterocycles. The Kier molecular flexibility index (Phi) is 3.44. The van der Waals surface area contributed by atoms with Crippen LogP contribution in [0.5, 0.6) is 0 Å². The third-order valence-electron chi connectivity index (χ3n) is 2.64. The van der Waals surface area contributed by atoms with Gasteiger partial charge in [0.25, 0.3) is 0 Å². The van der Waals surface area contributed by atoms with Gasteiger partial charge in [0.1, 0.15) is 23.8 Å². The maximum Gasteiger partial charge on any atom is 0.147 e. The zero-order chi connectivity index (χ0) is 13.7. The Bertz CT molecular complexity index is 785. The van der Waals surface area contributed by atoms with Gasteiger partial charge in [0, 0.05) is 12.4 Å². The van der Waals surface area contributed by atoms with E-state index in [0.29, 0.717) is 0 Å². The first-order chi connectivity index (χ1) is 9.30. The topological polar surface area (TPSA) is 76.3 Å². The number of para-hydroxylation sites is 1. The van der Waals surface area contributed by atoms with E-state index in [1.807, 2.05) is 47.2 Å². The Morgan fingerprint density at radius 2 is 1.74 bits per heavy atom. The largest absolute Gasteiger partial charge is 0.323 e. The summed E-state index contributed by atoms with van der Waals surface area (Å²) < 4.78 is 1.83. The molecule has 4 nitrogen and oxygen atoms in total. The van der Waals surface area contributed by atoms with E-state index in [2.05, 4.69) is 0 Å². The van der Waals surface area contributed by atoms with Crippen LogP contribution in [0, 0.1) is 34.0 Å². The summed E-state index contributed by atoms with van der Waals surface area (Å²) in [6, 6.07) is 15.0. The van der Waals surface area contributed by atoms with E-state index in [-0.39, 0.29) is 11.1 Å². The number of hydrogen-bond donors (Lipinski definition) is 0. The first-order valence-corrected chi connectivity index (χ1v) is 5.48. The maximum atomic E-state index is 8.93.